The Morgan fingerprint density at radius 3 is 2.50 bits per heavy atom. The van der Waals surface area contributed by atoms with E-state index in [4.69, 9.17) is 4.42 Å². The maximum absolute atomic E-state index is 5.49. The van der Waals surface area contributed by atoms with Gasteiger partial charge in [-0.05, 0) is 44.4 Å². The fourth-order valence-corrected chi connectivity index (χ4v) is 1.65. The summed E-state index contributed by atoms with van der Waals surface area (Å²) in [5.41, 5.74) is 1.24. The van der Waals surface area contributed by atoms with Gasteiger partial charge in [-0.3, -0.25) is 0 Å². The Morgan fingerprint density at radius 1 is 1.36 bits per heavy atom. The summed E-state index contributed by atoms with van der Waals surface area (Å²) in [5, 5.41) is 3.31. The van der Waals surface area contributed by atoms with E-state index in [1.165, 1.54) is 12.0 Å². The molecule has 1 aromatic heterocycles. The highest BCUT2D eigenvalue weighted by molar-refractivity contribution is 5.18. The number of aryl methyl sites for hydroxylation is 1. The average molecular weight is 195 g/mol. The summed E-state index contributed by atoms with van der Waals surface area (Å²) >= 11 is 0. The number of rotatable bonds is 5. The van der Waals surface area contributed by atoms with Crippen LogP contribution in [0.2, 0.25) is 0 Å². The van der Waals surface area contributed by atoms with Gasteiger partial charge < -0.3 is 9.73 Å². The Bertz CT molecular complexity index is 265. The van der Waals surface area contributed by atoms with Crippen LogP contribution in [0.3, 0.4) is 0 Å². The molecule has 2 heteroatoms. The SMILES string of the molecule is CNC(CCC(C)C)c1occc1C. The van der Waals surface area contributed by atoms with Crippen LogP contribution in [-0.4, -0.2) is 7.05 Å². The molecular formula is C12H21NO. The van der Waals surface area contributed by atoms with Crippen molar-refractivity contribution < 1.29 is 4.42 Å². The van der Waals surface area contributed by atoms with Gasteiger partial charge in [0, 0.05) is 0 Å². The van der Waals surface area contributed by atoms with Crippen molar-refractivity contribution in [2.24, 2.45) is 5.92 Å². The maximum atomic E-state index is 5.49. The van der Waals surface area contributed by atoms with Crippen LogP contribution >= 0.6 is 0 Å². The van der Waals surface area contributed by atoms with Crippen LogP contribution in [0, 0.1) is 12.8 Å². The predicted molar refractivity (Wildman–Crippen MR) is 59.3 cm³/mol. The maximum Gasteiger partial charge on any atom is 0.123 e. The van der Waals surface area contributed by atoms with Crippen molar-refractivity contribution in [3.63, 3.8) is 0 Å². The Labute approximate surface area is 86.7 Å². The first kappa shape index (κ1) is 11.3. The lowest BCUT2D eigenvalue weighted by atomic mass is 10.0. The molecule has 0 saturated heterocycles. The van der Waals surface area contributed by atoms with Crippen molar-refractivity contribution in [2.75, 3.05) is 7.05 Å². The van der Waals surface area contributed by atoms with Gasteiger partial charge in [-0.2, -0.15) is 0 Å². The smallest absolute Gasteiger partial charge is 0.123 e. The minimum atomic E-state index is 0.368. The highest BCUT2D eigenvalue weighted by Gasteiger charge is 2.14. The summed E-state index contributed by atoms with van der Waals surface area (Å²) in [6.45, 7) is 6.60. The van der Waals surface area contributed by atoms with E-state index in [2.05, 4.69) is 26.1 Å². The van der Waals surface area contributed by atoms with Gasteiger partial charge in [0.05, 0.1) is 12.3 Å². The zero-order valence-electron chi connectivity index (χ0n) is 9.63. The van der Waals surface area contributed by atoms with Crippen LogP contribution in [0.1, 0.15) is 44.1 Å². The molecule has 1 unspecified atom stereocenters. The van der Waals surface area contributed by atoms with E-state index in [1.807, 2.05) is 13.1 Å². The topological polar surface area (TPSA) is 25.2 Å². The summed E-state index contributed by atoms with van der Waals surface area (Å²) in [4.78, 5) is 0. The fraction of sp³-hybridized carbons (Fsp3) is 0.667. The van der Waals surface area contributed by atoms with Crippen molar-refractivity contribution in [1.82, 2.24) is 5.32 Å². The van der Waals surface area contributed by atoms with Crippen molar-refractivity contribution in [3.8, 4) is 0 Å². The van der Waals surface area contributed by atoms with E-state index in [1.54, 1.807) is 6.26 Å². The second kappa shape index (κ2) is 5.20. The molecule has 1 N–H and O–H groups in total. The zero-order valence-corrected chi connectivity index (χ0v) is 9.63. The van der Waals surface area contributed by atoms with Gasteiger partial charge in [0.2, 0.25) is 0 Å². The standard InChI is InChI=1S/C12H21NO/c1-9(2)5-6-11(13-4)12-10(3)7-8-14-12/h7-9,11,13H,5-6H2,1-4H3. The minimum absolute atomic E-state index is 0.368. The van der Waals surface area contributed by atoms with Gasteiger partial charge in [0.1, 0.15) is 5.76 Å². The second-order valence-electron chi connectivity index (χ2n) is 4.28. The van der Waals surface area contributed by atoms with E-state index >= 15 is 0 Å². The fourth-order valence-electron chi connectivity index (χ4n) is 1.65. The molecule has 0 spiro atoms. The Kier molecular flexibility index (Phi) is 4.21. The summed E-state index contributed by atoms with van der Waals surface area (Å²) in [7, 11) is 1.99. The molecule has 1 rings (SSSR count). The van der Waals surface area contributed by atoms with Crippen LogP contribution in [0.5, 0.6) is 0 Å². The Hall–Kier alpha value is -0.760. The van der Waals surface area contributed by atoms with E-state index < -0.39 is 0 Å². The van der Waals surface area contributed by atoms with Crippen molar-refractivity contribution in [2.45, 2.75) is 39.7 Å². The molecule has 1 heterocycles. The normalized spacial score (nSPS) is 13.5. The first-order valence-corrected chi connectivity index (χ1v) is 5.36. The first-order valence-electron chi connectivity index (χ1n) is 5.36. The summed E-state index contributed by atoms with van der Waals surface area (Å²) in [5.74, 6) is 1.84. The Morgan fingerprint density at radius 2 is 2.07 bits per heavy atom. The molecule has 0 fully saturated rings. The van der Waals surface area contributed by atoms with Crippen LogP contribution in [0.25, 0.3) is 0 Å². The van der Waals surface area contributed by atoms with Gasteiger partial charge in [-0.1, -0.05) is 13.8 Å². The molecule has 0 bridgehead atoms. The molecule has 14 heavy (non-hydrogen) atoms. The predicted octanol–water partition coefficient (Wildman–Crippen LogP) is 3.28. The van der Waals surface area contributed by atoms with E-state index in [0.29, 0.717) is 6.04 Å². The molecular weight excluding hydrogens is 174 g/mol. The molecule has 0 aliphatic rings. The third kappa shape index (κ3) is 2.88. The van der Waals surface area contributed by atoms with Crippen LogP contribution < -0.4 is 5.32 Å². The highest BCUT2D eigenvalue weighted by Crippen LogP contribution is 2.24. The quantitative estimate of drug-likeness (QED) is 0.780. The van der Waals surface area contributed by atoms with Gasteiger partial charge in [0.15, 0.2) is 0 Å². The molecule has 0 amide bonds. The lowest BCUT2D eigenvalue weighted by Crippen LogP contribution is -2.17. The van der Waals surface area contributed by atoms with E-state index in [9.17, 15) is 0 Å². The number of nitrogens with one attached hydrogen (secondary N) is 1. The minimum Gasteiger partial charge on any atom is -0.467 e. The summed E-state index contributed by atoms with van der Waals surface area (Å²) in [6, 6.07) is 2.39. The van der Waals surface area contributed by atoms with Crippen molar-refractivity contribution >= 4 is 0 Å². The lowest BCUT2D eigenvalue weighted by molar-refractivity contribution is 0.386. The molecule has 0 aliphatic heterocycles. The number of furan rings is 1. The molecule has 80 valence electrons. The number of hydrogen-bond acceptors (Lipinski definition) is 2. The van der Waals surface area contributed by atoms with Gasteiger partial charge in [-0.25, -0.2) is 0 Å². The Balaban J connectivity index is 2.58. The summed E-state index contributed by atoms with van der Waals surface area (Å²) < 4.78 is 5.49. The molecule has 1 atom stereocenters. The van der Waals surface area contributed by atoms with Gasteiger partial charge >= 0.3 is 0 Å². The first-order chi connectivity index (χ1) is 6.65. The van der Waals surface area contributed by atoms with Crippen molar-refractivity contribution in [3.05, 3.63) is 23.7 Å². The molecule has 0 aromatic carbocycles. The lowest BCUT2D eigenvalue weighted by Gasteiger charge is -2.15. The third-order valence-corrected chi connectivity index (χ3v) is 2.60. The van der Waals surface area contributed by atoms with Crippen LogP contribution in [0.15, 0.2) is 16.7 Å². The van der Waals surface area contributed by atoms with E-state index in [-0.39, 0.29) is 0 Å². The zero-order chi connectivity index (χ0) is 10.6. The molecule has 0 radical (unpaired) electrons. The highest BCUT2D eigenvalue weighted by atomic mass is 16.3. The molecule has 1 aromatic rings. The molecule has 2 nitrogen and oxygen atoms in total. The second-order valence-corrected chi connectivity index (χ2v) is 4.28. The monoisotopic (exact) mass is 195 g/mol. The molecule has 0 aliphatic carbocycles. The van der Waals surface area contributed by atoms with E-state index in [0.717, 1.165) is 18.1 Å². The average Bonchev–Trinajstić information content (AvgIpc) is 2.53. The summed E-state index contributed by atoms with van der Waals surface area (Å²) in [6.07, 6.45) is 4.14. The molecule has 0 saturated carbocycles. The largest absolute Gasteiger partial charge is 0.467 e. The van der Waals surface area contributed by atoms with Gasteiger partial charge in [0.25, 0.3) is 0 Å². The van der Waals surface area contributed by atoms with Gasteiger partial charge in [-0.15, -0.1) is 0 Å². The van der Waals surface area contributed by atoms with Crippen LogP contribution in [0.4, 0.5) is 0 Å². The van der Waals surface area contributed by atoms with Crippen molar-refractivity contribution in [1.29, 1.82) is 0 Å². The number of hydrogen-bond donors (Lipinski definition) is 1. The van der Waals surface area contributed by atoms with Crippen LogP contribution in [-0.2, 0) is 0 Å². The third-order valence-electron chi connectivity index (χ3n) is 2.60.